The SMILES string of the molecule is CC(C)(C)[C@H]1CCc2c(sc(N=C3C(=O)Nc4ccc(Cl)cc43)c2C(=O)Nc2ccccc2)C1. The molecule has 5 rings (SSSR count). The molecule has 1 atom stereocenters. The van der Waals surface area contributed by atoms with Gasteiger partial charge in [-0.25, -0.2) is 4.99 Å². The Kier molecular flexibility index (Phi) is 5.82. The molecule has 2 aliphatic rings. The van der Waals surface area contributed by atoms with Gasteiger partial charge in [0.25, 0.3) is 11.8 Å². The second-order valence-corrected chi connectivity index (χ2v) is 11.4. The Morgan fingerprint density at radius 1 is 1.18 bits per heavy atom. The second-order valence-electron chi connectivity index (χ2n) is 9.91. The van der Waals surface area contributed by atoms with Gasteiger partial charge in [-0.1, -0.05) is 50.6 Å². The Morgan fingerprint density at radius 3 is 2.68 bits per heavy atom. The molecule has 2 amide bonds. The summed E-state index contributed by atoms with van der Waals surface area (Å²) in [5, 5.41) is 6.97. The van der Waals surface area contributed by atoms with Crippen LogP contribution in [0.3, 0.4) is 0 Å². The number of nitrogens with one attached hydrogen (secondary N) is 2. The number of fused-ring (bicyclic) bond motifs is 2. The van der Waals surface area contributed by atoms with E-state index >= 15 is 0 Å². The lowest BCUT2D eigenvalue weighted by Gasteiger charge is -2.33. The Balaban J connectivity index is 1.60. The maximum Gasteiger partial charge on any atom is 0.275 e. The van der Waals surface area contributed by atoms with Crippen LogP contribution in [0, 0.1) is 11.3 Å². The maximum absolute atomic E-state index is 13.5. The summed E-state index contributed by atoms with van der Waals surface area (Å²) in [6.07, 6.45) is 2.76. The Bertz CT molecular complexity index is 1320. The van der Waals surface area contributed by atoms with Crippen LogP contribution in [-0.4, -0.2) is 17.5 Å². The van der Waals surface area contributed by atoms with Crippen molar-refractivity contribution in [1.82, 2.24) is 0 Å². The molecule has 0 unspecified atom stereocenters. The molecule has 0 saturated carbocycles. The van der Waals surface area contributed by atoms with E-state index in [2.05, 4.69) is 31.4 Å². The van der Waals surface area contributed by atoms with E-state index in [0.29, 0.717) is 32.8 Å². The predicted molar refractivity (Wildman–Crippen MR) is 140 cm³/mol. The summed E-state index contributed by atoms with van der Waals surface area (Å²) in [5.74, 6) is 0.0473. The molecule has 34 heavy (non-hydrogen) atoms. The zero-order chi connectivity index (χ0) is 24.0. The van der Waals surface area contributed by atoms with Gasteiger partial charge < -0.3 is 10.6 Å². The summed E-state index contributed by atoms with van der Waals surface area (Å²) in [6.45, 7) is 6.80. The van der Waals surface area contributed by atoms with E-state index in [1.807, 2.05) is 30.3 Å². The molecule has 5 nitrogen and oxygen atoms in total. The van der Waals surface area contributed by atoms with Crippen LogP contribution < -0.4 is 10.6 Å². The molecular formula is C27H26ClN3O2S. The van der Waals surface area contributed by atoms with E-state index < -0.39 is 0 Å². The summed E-state index contributed by atoms with van der Waals surface area (Å²) in [4.78, 5) is 32.2. The van der Waals surface area contributed by atoms with E-state index in [1.165, 1.54) is 16.2 Å². The van der Waals surface area contributed by atoms with E-state index in [1.54, 1.807) is 18.2 Å². The lowest BCUT2D eigenvalue weighted by Crippen LogP contribution is -2.27. The number of para-hydroxylation sites is 1. The number of benzene rings is 2. The number of halogens is 1. The van der Waals surface area contributed by atoms with Crippen LogP contribution in [0.1, 0.15) is 53.6 Å². The van der Waals surface area contributed by atoms with Gasteiger partial charge in [0, 0.05) is 21.2 Å². The quantitative estimate of drug-likeness (QED) is 0.419. The lowest BCUT2D eigenvalue weighted by atomic mass is 9.72. The average Bonchev–Trinajstić information content (AvgIpc) is 3.30. The normalized spacial score (nSPS) is 18.4. The van der Waals surface area contributed by atoms with Gasteiger partial charge in [-0.3, -0.25) is 9.59 Å². The second kappa shape index (κ2) is 8.67. The first-order valence-electron chi connectivity index (χ1n) is 11.4. The third kappa shape index (κ3) is 4.28. The molecule has 0 fully saturated rings. The highest BCUT2D eigenvalue weighted by atomic mass is 35.5. The summed E-state index contributed by atoms with van der Waals surface area (Å²) >= 11 is 7.72. The third-order valence-corrected chi connectivity index (χ3v) is 8.03. The number of amides is 2. The molecule has 1 aromatic heterocycles. The van der Waals surface area contributed by atoms with Crippen molar-refractivity contribution in [2.45, 2.75) is 40.0 Å². The largest absolute Gasteiger partial charge is 0.322 e. The molecule has 1 aliphatic heterocycles. The van der Waals surface area contributed by atoms with E-state index in [-0.39, 0.29) is 22.9 Å². The smallest absolute Gasteiger partial charge is 0.275 e. The topological polar surface area (TPSA) is 70.6 Å². The van der Waals surface area contributed by atoms with Crippen molar-refractivity contribution in [2.24, 2.45) is 16.3 Å². The Morgan fingerprint density at radius 2 is 1.94 bits per heavy atom. The molecule has 174 valence electrons. The molecule has 7 heteroatoms. The van der Waals surface area contributed by atoms with Crippen LogP contribution in [0.4, 0.5) is 16.4 Å². The van der Waals surface area contributed by atoms with Gasteiger partial charge in [0.1, 0.15) is 10.7 Å². The first-order chi connectivity index (χ1) is 16.2. The molecule has 0 radical (unpaired) electrons. The average molecular weight is 492 g/mol. The van der Waals surface area contributed by atoms with Gasteiger partial charge in [-0.05, 0) is 66.5 Å². The summed E-state index contributed by atoms with van der Waals surface area (Å²) in [5.41, 5.74) is 4.17. The highest BCUT2D eigenvalue weighted by Crippen LogP contribution is 2.46. The molecule has 3 aromatic rings. The van der Waals surface area contributed by atoms with Gasteiger partial charge in [0.05, 0.1) is 11.3 Å². The molecular weight excluding hydrogens is 466 g/mol. The minimum absolute atomic E-state index is 0.182. The molecule has 0 spiro atoms. The minimum Gasteiger partial charge on any atom is -0.322 e. The van der Waals surface area contributed by atoms with Crippen molar-refractivity contribution in [3.05, 3.63) is 75.1 Å². The van der Waals surface area contributed by atoms with Crippen LogP contribution >= 0.6 is 22.9 Å². The molecule has 1 aliphatic carbocycles. The number of anilines is 2. The van der Waals surface area contributed by atoms with Crippen molar-refractivity contribution in [2.75, 3.05) is 10.6 Å². The molecule has 2 N–H and O–H groups in total. The number of aliphatic imine (C=N–C) groups is 1. The number of rotatable bonds is 3. The standard InChI is InChI=1S/C27H26ClN3O2S/c1-27(2,3)15-9-11-18-21(13-15)34-26(22(18)24(32)29-17-7-5-4-6-8-17)31-23-19-14-16(28)10-12-20(19)30-25(23)33/h4-8,10,12,14-15H,9,11,13H2,1-3H3,(H,29,32)(H,30,31,33)/t15-/m0/s1. The number of carbonyl (C=O) groups is 2. The zero-order valence-corrected chi connectivity index (χ0v) is 20.9. The molecule has 0 saturated heterocycles. The highest BCUT2D eigenvalue weighted by Gasteiger charge is 2.35. The van der Waals surface area contributed by atoms with Gasteiger partial charge in [0.15, 0.2) is 0 Å². The molecule has 0 bridgehead atoms. The first kappa shape index (κ1) is 22.8. The van der Waals surface area contributed by atoms with Crippen molar-refractivity contribution in [3.63, 3.8) is 0 Å². The van der Waals surface area contributed by atoms with Crippen molar-refractivity contribution in [3.8, 4) is 0 Å². The number of hydrogen-bond acceptors (Lipinski definition) is 4. The molecule has 2 heterocycles. The fourth-order valence-corrected chi connectivity index (χ4v) is 6.15. The van der Waals surface area contributed by atoms with Crippen molar-refractivity contribution in [1.29, 1.82) is 0 Å². The first-order valence-corrected chi connectivity index (χ1v) is 12.6. The van der Waals surface area contributed by atoms with Crippen LogP contribution in [-0.2, 0) is 17.6 Å². The van der Waals surface area contributed by atoms with Crippen molar-refractivity contribution >= 4 is 56.8 Å². The van der Waals surface area contributed by atoms with Crippen molar-refractivity contribution < 1.29 is 9.59 Å². The van der Waals surface area contributed by atoms with E-state index in [9.17, 15) is 9.59 Å². The Hall–Kier alpha value is -2.96. The number of carbonyl (C=O) groups excluding carboxylic acids is 2. The summed E-state index contributed by atoms with van der Waals surface area (Å²) in [6, 6.07) is 14.6. The minimum atomic E-state index is -0.286. The van der Waals surface area contributed by atoms with Gasteiger partial charge in [-0.15, -0.1) is 11.3 Å². The maximum atomic E-state index is 13.5. The van der Waals surface area contributed by atoms with Crippen LogP contribution in [0.25, 0.3) is 0 Å². The monoisotopic (exact) mass is 491 g/mol. The van der Waals surface area contributed by atoms with E-state index in [4.69, 9.17) is 16.6 Å². The number of nitrogens with zero attached hydrogens (tertiary/aromatic N) is 1. The zero-order valence-electron chi connectivity index (χ0n) is 19.4. The predicted octanol–water partition coefficient (Wildman–Crippen LogP) is 6.88. The fraction of sp³-hybridized carbons (Fsp3) is 0.296. The fourth-order valence-electron chi connectivity index (χ4n) is 4.68. The van der Waals surface area contributed by atoms with Gasteiger partial charge >= 0.3 is 0 Å². The molecule has 2 aromatic carbocycles. The van der Waals surface area contributed by atoms with Gasteiger partial charge in [0.2, 0.25) is 0 Å². The summed E-state index contributed by atoms with van der Waals surface area (Å²) < 4.78 is 0. The number of hydrogen-bond donors (Lipinski definition) is 2. The van der Waals surface area contributed by atoms with Crippen LogP contribution in [0.15, 0.2) is 53.5 Å². The van der Waals surface area contributed by atoms with Crippen LogP contribution in [0.2, 0.25) is 5.02 Å². The Labute approximate surface area is 208 Å². The van der Waals surface area contributed by atoms with Crippen LogP contribution in [0.5, 0.6) is 0 Å². The third-order valence-electron chi connectivity index (χ3n) is 6.64. The lowest BCUT2D eigenvalue weighted by molar-refractivity contribution is -0.110. The van der Waals surface area contributed by atoms with E-state index in [0.717, 1.165) is 30.5 Å². The summed E-state index contributed by atoms with van der Waals surface area (Å²) in [7, 11) is 0. The van der Waals surface area contributed by atoms with Gasteiger partial charge in [-0.2, -0.15) is 0 Å². The highest BCUT2D eigenvalue weighted by molar-refractivity contribution is 7.16. The number of thiophene rings is 1.